The van der Waals surface area contributed by atoms with Crippen LogP contribution < -0.4 is 0 Å². The molecule has 0 aromatic carbocycles. The number of hydrogen-bond acceptors (Lipinski definition) is 24. The van der Waals surface area contributed by atoms with Gasteiger partial charge in [-0.25, -0.2) is 0 Å². The summed E-state index contributed by atoms with van der Waals surface area (Å²) in [5.74, 6) is 3.39. The van der Waals surface area contributed by atoms with Crippen LogP contribution in [0.5, 0.6) is 0 Å². The van der Waals surface area contributed by atoms with E-state index in [0.29, 0.717) is 185 Å². The lowest BCUT2D eigenvalue weighted by molar-refractivity contribution is 0.00565. The molecule has 0 radical (unpaired) electrons. The van der Waals surface area contributed by atoms with Crippen LogP contribution in [0.1, 0.15) is 0 Å². The van der Waals surface area contributed by atoms with Gasteiger partial charge < -0.3 is 75.8 Å². The van der Waals surface area contributed by atoms with E-state index in [1.165, 1.54) is 25.4 Å². The van der Waals surface area contributed by atoms with Gasteiger partial charge in [-0.05, 0) is 0 Å². The molecule has 0 aromatic rings. The quantitative estimate of drug-likeness (QED) is 0.0573. The van der Waals surface area contributed by atoms with E-state index in [1.807, 2.05) is 94.1 Å². The van der Waals surface area contributed by atoms with Crippen LogP contribution >= 0.6 is 94.1 Å². The van der Waals surface area contributed by atoms with Crippen LogP contribution in [-0.2, 0) is 75.8 Å². The summed E-state index contributed by atoms with van der Waals surface area (Å²) < 4.78 is 95.9. The number of rotatable bonds is 52. The van der Waals surface area contributed by atoms with Gasteiger partial charge in [0.15, 0.2) is 0 Å². The molecule has 0 spiro atoms. The van der Waals surface area contributed by atoms with E-state index >= 15 is 0 Å². The van der Waals surface area contributed by atoms with Crippen LogP contribution in [0, 0.1) is 0 Å². The second kappa shape index (κ2) is 49.9. The highest BCUT2D eigenvalue weighted by Crippen LogP contribution is 2.66. The summed E-state index contributed by atoms with van der Waals surface area (Å²) in [5.41, 5.74) is 0. The Morgan fingerprint density at radius 1 is 0.227 bits per heavy atom. The molecule has 16 nitrogen and oxygen atoms in total. The maximum Gasteiger partial charge on any atom is 0.0717 e. The summed E-state index contributed by atoms with van der Waals surface area (Å²) in [6, 6.07) is 0. The van der Waals surface area contributed by atoms with Crippen molar-refractivity contribution < 1.29 is 75.8 Å². The molecule has 0 atom stereocenters. The summed E-state index contributed by atoms with van der Waals surface area (Å²) in [6.45, 7) is 15.9. The number of thioether (sulfide) groups is 8. The highest BCUT2D eigenvalue weighted by molar-refractivity contribution is 8.45. The molecule has 66 heavy (non-hydrogen) atoms. The van der Waals surface area contributed by atoms with Crippen molar-refractivity contribution in [2.45, 2.75) is 0 Å². The Morgan fingerprint density at radius 2 is 0.379 bits per heavy atom. The molecule has 0 unspecified atom stereocenters. The number of hydrogen-bond donors (Lipinski definition) is 0. The average Bonchev–Trinajstić information content (AvgIpc) is 3.93. The summed E-state index contributed by atoms with van der Waals surface area (Å²) >= 11 is 14.9. The smallest absolute Gasteiger partial charge is 0.0717 e. The Hall–Kier alpha value is 1.38. The second-order valence-corrected chi connectivity index (χ2v) is 22.9. The van der Waals surface area contributed by atoms with Crippen molar-refractivity contribution in [1.29, 1.82) is 0 Å². The molecule has 24 heteroatoms. The van der Waals surface area contributed by atoms with E-state index < -0.39 is 0 Å². The fourth-order valence-corrected chi connectivity index (χ4v) is 16.3. The molecule has 0 aliphatic carbocycles. The van der Waals surface area contributed by atoms with Gasteiger partial charge in [-0.1, -0.05) is 47.0 Å². The summed E-state index contributed by atoms with van der Waals surface area (Å²) in [7, 11) is 6.65. The zero-order valence-electron chi connectivity index (χ0n) is 39.4. The molecule has 388 valence electrons. The van der Waals surface area contributed by atoms with Gasteiger partial charge in [0.05, 0.1) is 210 Å². The van der Waals surface area contributed by atoms with Crippen molar-refractivity contribution in [1.82, 2.24) is 0 Å². The van der Waals surface area contributed by atoms with Crippen molar-refractivity contribution in [3.63, 3.8) is 0 Å². The Labute approximate surface area is 428 Å². The molecular formula is C42H76O16S8. The summed E-state index contributed by atoms with van der Waals surface area (Å²) in [4.78, 5) is 0. The minimum Gasteiger partial charge on any atom is -0.382 e. The molecular weight excluding hydrogens is 1020 g/mol. The van der Waals surface area contributed by atoms with E-state index in [1.54, 1.807) is 28.4 Å². The van der Waals surface area contributed by atoms with E-state index in [-0.39, 0.29) is 0 Å². The average molecular weight is 1090 g/mol. The fraction of sp³-hybridized carbons (Fsp3) is 0.857. The molecule has 2 rings (SSSR count). The highest BCUT2D eigenvalue weighted by atomic mass is 32.3. The maximum absolute atomic E-state index is 5.92. The van der Waals surface area contributed by atoms with Crippen molar-refractivity contribution in [2.24, 2.45) is 0 Å². The summed E-state index contributed by atoms with van der Waals surface area (Å²) in [6.07, 6.45) is 0. The maximum atomic E-state index is 5.92. The zero-order chi connectivity index (χ0) is 47.1. The lowest BCUT2D eigenvalue weighted by atomic mass is 10.7. The molecule has 2 aliphatic heterocycles. The van der Waals surface area contributed by atoms with Gasteiger partial charge in [0, 0.05) is 51.5 Å². The molecule has 0 saturated heterocycles. The van der Waals surface area contributed by atoms with Gasteiger partial charge >= 0.3 is 0 Å². The standard InChI is InChI=1S/C42H76O16S8/c1-43-5-9-47-13-17-51-21-25-55-29-33-59-37-38(60-34-30-56-26-22-52-18-14-48-10-6-44-2)64-41(63-37)42-65-39(61-35-31-57-27-23-53-19-15-49-11-7-45-3)40(66-42)62-36-32-58-28-24-54-20-16-50-12-8-46-4/h5-36H2,1-4H3. The van der Waals surface area contributed by atoms with Gasteiger partial charge in [-0.15, -0.1) is 47.0 Å². The van der Waals surface area contributed by atoms with Gasteiger partial charge in [-0.3, -0.25) is 0 Å². The van der Waals surface area contributed by atoms with Crippen LogP contribution in [-0.4, -0.2) is 236 Å². The van der Waals surface area contributed by atoms with E-state index in [4.69, 9.17) is 75.8 Å². The van der Waals surface area contributed by atoms with Gasteiger partial charge in [-0.2, -0.15) is 0 Å². The number of ether oxygens (including phenoxy) is 16. The van der Waals surface area contributed by atoms with Gasteiger partial charge in [0.2, 0.25) is 0 Å². The third-order valence-electron chi connectivity index (χ3n) is 7.79. The van der Waals surface area contributed by atoms with E-state index in [2.05, 4.69) is 0 Å². The van der Waals surface area contributed by atoms with Crippen LogP contribution in [0.2, 0.25) is 0 Å². The minimum atomic E-state index is 0.539. The second-order valence-electron chi connectivity index (χ2n) is 12.8. The molecule has 0 aromatic heterocycles. The van der Waals surface area contributed by atoms with Crippen molar-refractivity contribution >= 4 is 94.1 Å². The minimum absolute atomic E-state index is 0.539. The van der Waals surface area contributed by atoms with Crippen molar-refractivity contribution in [3.05, 3.63) is 25.4 Å². The molecule has 0 saturated carbocycles. The highest BCUT2D eigenvalue weighted by Gasteiger charge is 2.31. The monoisotopic (exact) mass is 1090 g/mol. The Kier molecular flexibility index (Phi) is 48.0. The molecule has 0 bridgehead atoms. The van der Waals surface area contributed by atoms with Crippen LogP contribution in [0.4, 0.5) is 0 Å². The molecule has 0 N–H and O–H groups in total. The van der Waals surface area contributed by atoms with Gasteiger partial charge in [0.25, 0.3) is 0 Å². The zero-order valence-corrected chi connectivity index (χ0v) is 46.0. The Morgan fingerprint density at radius 3 is 0.545 bits per heavy atom. The van der Waals surface area contributed by atoms with Crippen LogP contribution in [0.3, 0.4) is 0 Å². The van der Waals surface area contributed by atoms with Gasteiger partial charge in [0.1, 0.15) is 0 Å². The lowest BCUT2D eigenvalue weighted by Gasteiger charge is -2.08. The van der Waals surface area contributed by atoms with Crippen molar-refractivity contribution in [2.75, 3.05) is 236 Å². The summed E-state index contributed by atoms with van der Waals surface area (Å²) in [5, 5.41) is 0. The SMILES string of the molecule is COCCOCCOCCOCCSC1=C(SCCOCCOCCOCCOC)SC(=C2SC(SCCOCCOCCOCCOC)=C(SCCOCCOCCOCCOC)S2)S1. The molecule has 0 fully saturated rings. The van der Waals surface area contributed by atoms with Crippen LogP contribution in [0.25, 0.3) is 0 Å². The Bertz CT molecular complexity index is 1040. The first-order valence-electron chi connectivity index (χ1n) is 22.1. The molecule has 0 amide bonds. The van der Waals surface area contributed by atoms with Crippen molar-refractivity contribution in [3.8, 4) is 0 Å². The predicted molar refractivity (Wildman–Crippen MR) is 279 cm³/mol. The fourth-order valence-electron chi connectivity index (χ4n) is 4.58. The first-order chi connectivity index (χ1) is 32.7. The van der Waals surface area contributed by atoms with Crippen LogP contribution in [0.15, 0.2) is 25.4 Å². The molecule has 2 heterocycles. The number of methoxy groups -OCH3 is 4. The van der Waals surface area contributed by atoms with E-state index in [0.717, 1.165) is 23.0 Å². The predicted octanol–water partition coefficient (Wildman–Crippen LogP) is 7.04. The third-order valence-corrected chi connectivity index (χ3v) is 19.2. The topological polar surface area (TPSA) is 148 Å². The largest absolute Gasteiger partial charge is 0.382 e. The Balaban J connectivity index is 1.90. The van der Waals surface area contributed by atoms with E-state index in [9.17, 15) is 0 Å². The third kappa shape index (κ3) is 37.2. The molecule has 2 aliphatic rings. The normalized spacial score (nSPS) is 14.4. The lowest BCUT2D eigenvalue weighted by Crippen LogP contribution is -2.12. The first kappa shape index (κ1) is 63.5. The first-order valence-corrected chi connectivity index (χ1v) is 29.3.